The molecule has 0 saturated carbocycles. The van der Waals surface area contributed by atoms with Crippen molar-refractivity contribution < 1.29 is 19.1 Å². The minimum atomic E-state index is -0.480. The first-order chi connectivity index (χ1) is 15.5. The monoisotopic (exact) mass is 451 g/mol. The van der Waals surface area contributed by atoms with Crippen LogP contribution in [0.2, 0.25) is 0 Å². The minimum absolute atomic E-state index is 0.147. The molecule has 0 aromatic heterocycles. The van der Waals surface area contributed by atoms with Crippen LogP contribution in [-0.2, 0) is 14.3 Å². The van der Waals surface area contributed by atoms with Gasteiger partial charge in [0.05, 0.1) is 19.9 Å². The normalized spacial score (nSPS) is 17.4. The topological polar surface area (TPSA) is 62.3 Å². The highest BCUT2D eigenvalue weighted by atomic mass is 32.1. The highest BCUT2D eigenvalue weighted by Crippen LogP contribution is 2.30. The van der Waals surface area contributed by atoms with Crippen molar-refractivity contribution in [2.45, 2.75) is 12.8 Å². The van der Waals surface area contributed by atoms with Crippen molar-refractivity contribution in [1.82, 2.24) is 4.90 Å². The number of amides is 1. The van der Waals surface area contributed by atoms with E-state index in [0.29, 0.717) is 17.1 Å². The lowest BCUT2D eigenvalue weighted by Crippen LogP contribution is -2.35. The molecule has 32 heavy (non-hydrogen) atoms. The van der Waals surface area contributed by atoms with Crippen LogP contribution in [0.4, 0.5) is 11.4 Å². The Kier molecular flexibility index (Phi) is 6.41. The Morgan fingerprint density at radius 1 is 1.00 bits per heavy atom. The van der Waals surface area contributed by atoms with E-state index in [2.05, 4.69) is 17.0 Å². The third kappa shape index (κ3) is 4.31. The van der Waals surface area contributed by atoms with Crippen molar-refractivity contribution in [3.05, 3.63) is 59.8 Å². The zero-order valence-corrected chi connectivity index (χ0v) is 18.9. The molecule has 2 heterocycles. The molecule has 0 aliphatic carbocycles. The molecule has 166 valence electrons. The molecule has 0 bridgehead atoms. The number of carbonyl (C=O) groups is 2. The van der Waals surface area contributed by atoms with Crippen LogP contribution in [0, 0.1) is 0 Å². The number of methoxy groups -OCH3 is 2. The number of hydrogen-bond donors (Lipinski definition) is 0. The summed E-state index contributed by atoms with van der Waals surface area (Å²) < 4.78 is 10.0. The van der Waals surface area contributed by atoms with E-state index in [-0.39, 0.29) is 17.6 Å². The van der Waals surface area contributed by atoms with Crippen LogP contribution in [0.15, 0.2) is 54.2 Å². The summed E-state index contributed by atoms with van der Waals surface area (Å²) in [6, 6.07) is 15.1. The van der Waals surface area contributed by atoms with Crippen molar-refractivity contribution >= 4 is 46.7 Å². The second-order valence-electron chi connectivity index (χ2n) is 7.60. The van der Waals surface area contributed by atoms with E-state index in [1.54, 1.807) is 37.5 Å². The molecule has 0 spiro atoms. The summed E-state index contributed by atoms with van der Waals surface area (Å²) in [5.74, 6) is -0.105. The lowest BCUT2D eigenvalue weighted by Gasteiger charge is -2.19. The molecule has 2 saturated heterocycles. The van der Waals surface area contributed by atoms with Crippen LogP contribution in [0.1, 0.15) is 18.4 Å². The standard InChI is InChI=1S/C24H25N3O4S/c1-30-20-11-9-19(10-12-20)27-23(29)21(26(24(27)32)16-22(28)31-2)15-17-5-7-18(8-6-17)25-13-3-4-14-25/h5-12,15H,3-4,13-14,16H2,1-2H3. The summed E-state index contributed by atoms with van der Waals surface area (Å²) in [6.07, 6.45) is 4.18. The molecule has 0 N–H and O–H groups in total. The number of ether oxygens (including phenoxy) is 2. The van der Waals surface area contributed by atoms with Gasteiger partial charge in [-0.05, 0) is 73.1 Å². The van der Waals surface area contributed by atoms with Crippen LogP contribution in [0.25, 0.3) is 6.08 Å². The maximum atomic E-state index is 13.4. The van der Waals surface area contributed by atoms with Crippen molar-refractivity contribution in [3.63, 3.8) is 0 Å². The number of thiocarbonyl (C=S) groups is 1. The van der Waals surface area contributed by atoms with E-state index < -0.39 is 5.97 Å². The largest absolute Gasteiger partial charge is 0.497 e. The second-order valence-corrected chi connectivity index (χ2v) is 7.96. The van der Waals surface area contributed by atoms with Gasteiger partial charge in [-0.1, -0.05) is 12.1 Å². The van der Waals surface area contributed by atoms with Gasteiger partial charge < -0.3 is 19.3 Å². The van der Waals surface area contributed by atoms with Crippen molar-refractivity contribution in [2.24, 2.45) is 0 Å². The molecule has 0 atom stereocenters. The van der Waals surface area contributed by atoms with Crippen molar-refractivity contribution in [2.75, 3.05) is 43.7 Å². The molecular formula is C24H25N3O4S. The molecule has 0 unspecified atom stereocenters. The van der Waals surface area contributed by atoms with Crippen molar-refractivity contribution in [1.29, 1.82) is 0 Å². The molecule has 4 rings (SSSR count). The van der Waals surface area contributed by atoms with Crippen LogP contribution < -0.4 is 14.5 Å². The summed E-state index contributed by atoms with van der Waals surface area (Å²) in [6.45, 7) is 1.99. The molecule has 7 nitrogen and oxygen atoms in total. The van der Waals surface area contributed by atoms with Gasteiger partial charge in [-0.3, -0.25) is 14.5 Å². The van der Waals surface area contributed by atoms with Gasteiger partial charge in [0.1, 0.15) is 18.0 Å². The zero-order valence-electron chi connectivity index (χ0n) is 18.1. The Bertz CT molecular complexity index is 1040. The molecule has 2 aromatic rings. The number of anilines is 2. The van der Waals surface area contributed by atoms with Gasteiger partial charge >= 0.3 is 5.97 Å². The Hall–Kier alpha value is -3.39. The first-order valence-electron chi connectivity index (χ1n) is 10.5. The summed E-state index contributed by atoms with van der Waals surface area (Å²) in [5, 5.41) is 0.227. The molecule has 0 radical (unpaired) electrons. The molecule has 2 aliphatic rings. The van der Waals surface area contributed by atoms with E-state index in [9.17, 15) is 9.59 Å². The smallest absolute Gasteiger partial charge is 0.325 e. The van der Waals surface area contributed by atoms with Gasteiger partial charge in [-0.25, -0.2) is 0 Å². The molecule has 1 amide bonds. The number of nitrogens with zero attached hydrogens (tertiary/aromatic N) is 3. The van der Waals surface area contributed by atoms with Crippen LogP contribution in [-0.4, -0.2) is 55.7 Å². The number of carbonyl (C=O) groups excluding carboxylic acids is 2. The fourth-order valence-electron chi connectivity index (χ4n) is 3.90. The number of rotatable bonds is 6. The fraction of sp³-hybridized carbons (Fsp3) is 0.292. The average Bonchev–Trinajstić information content (AvgIpc) is 3.43. The summed E-state index contributed by atoms with van der Waals surface area (Å²) in [7, 11) is 2.89. The molecule has 2 aromatic carbocycles. The van der Waals surface area contributed by atoms with Crippen LogP contribution in [0.5, 0.6) is 5.75 Å². The molecule has 8 heteroatoms. The lowest BCUT2D eigenvalue weighted by molar-refractivity contribution is -0.140. The van der Waals surface area contributed by atoms with E-state index in [1.807, 2.05) is 12.1 Å². The zero-order chi connectivity index (χ0) is 22.7. The number of benzene rings is 2. The highest BCUT2D eigenvalue weighted by Gasteiger charge is 2.40. The quantitative estimate of drug-likeness (QED) is 0.379. The predicted molar refractivity (Wildman–Crippen MR) is 128 cm³/mol. The van der Waals surface area contributed by atoms with E-state index >= 15 is 0 Å². The van der Waals surface area contributed by atoms with Crippen LogP contribution in [0.3, 0.4) is 0 Å². The SMILES string of the molecule is COC(=O)CN1C(=S)N(c2ccc(OC)cc2)C(=O)C1=Cc1ccc(N2CCCC2)cc1. The van der Waals surface area contributed by atoms with E-state index in [1.165, 1.54) is 35.4 Å². The Balaban J connectivity index is 1.66. The predicted octanol–water partition coefficient (Wildman–Crippen LogP) is 3.44. The summed E-state index contributed by atoms with van der Waals surface area (Å²) >= 11 is 5.58. The molecule has 2 aliphatic heterocycles. The third-order valence-electron chi connectivity index (χ3n) is 5.65. The van der Waals surface area contributed by atoms with Gasteiger partial charge in [-0.2, -0.15) is 0 Å². The first-order valence-corrected chi connectivity index (χ1v) is 10.9. The summed E-state index contributed by atoms with van der Waals surface area (Å²) in [4.78, 5) is 30.7. The maximum absolute atomic E-state index is 13.4. The van der Waals surface area contributed by atoms with Gasteiger partial charge in [0, 0.05) is 18.8 Å². The number of esters is 1. The van der Waals surface area contributed by atoms with E-state index in [0.717, 1.165) is 18.7 Å². The minimum Gasteiger partial charge on any atom is -0.497 e. The Morgan fingerprint density at radius 3 is 2.22 bits per heavy atom. The first kappa shape index (κ1) is 21.8. The molecular weight excluding hydrogens is 426 g/mol. The summed E-state index contributed by atoms with van der Waals surface area (Å²) in [5.41, 5.74) is 2.95. The lowest BCUT2D eigenvalue weighted by atomic mass is 10.1. The second kappa shape index (κ2) is 9.40. The van der Waals surface area contributed by atoms with Gasteiger partial charge in [-0.15, -0.1) is 0 Å². The van der Waals surface area contributed by atoms with Gasteiger partial charge in [0.25, 0.3) is 5.91 Å². The fourth-order valence-corrected chi connectivity index (χ4v) is 4.25. The highest BCUT2D eigenvalue weighted by molar-refractivity contribution is 7.80. The van der Waals surface area contributed by atoms with Crippen molar-refractivity contribution in [3.8, 4) is 5.75 Å². The number of hydrogen-bond acceptors (Lipinski definition) is 6. The van der Waals surface area contributed by atoms with E-state index in [4.69, 9.17) is 21.7 Å². The molecule has 2 fully saturated rings. The maximum Gasteiger partial charge on any atom is 0.325 e. The Labute approximate surface area is 192 Å². The Morgan fingerprint density at radius 2 is 1.62 bits per heavy atom. The van der Waals surface area contributed by atoms with Gasteiger partial charge in [0.15, 0.2) is 5.11 Å². The average molecular weight is 452 g/mol. The third-order valence-corrected chi connectivity index (χ3v) is 6.05. The van der Waals surface area contributed by atoms with Crippen LogP contribution >= 0.6 is 12.2 Å². The van der Waals surface area contributed by atoms with Gasteiger partial charge in [0.2, 0.25) is 0 Å².